The number of aromatic nitrogens is 1. The largest absolute Gasteiger partial charge is 0.370 e. The van der Waals surface area contributed by atoms with E-state index in [1.807, 2.05) is 24.0 Å². The minimum Gasteiger partial charge on any atom is -0.370 e. The minimum absolute atomic E-state index is 0.0928. The van der Waals surface area contributed by atoms with Gasteiger partial charge >= 0.3 is 0 Å². The predicted octanol–water partition coefficient (Wildman–Crippen LogP) is 2.24. The van der Waals surface area contributed by atoms with Gasteiger partial charge in [0.2, 0.25) is 0 Å². The van der Waals surface area contributed by atoms with Crippen molar-refractivity contribution in [3.05, 3.63) is 23.9 Å². The second-order valence-corrected chi connectivity index (χ2v) is 5.09. The van der Waals surface area contributed by atoms with Gasteiger partial charge in [-0.15, -0.1) is 0 Å². The quantitative estimate of drug-likeness (QED) is 0.891. The fraction of sp³-hybridized carbons (Fsp3) is 0.571. The lowest BCUT2D eigenvalue weighted by Gasteiger charge is -2.18. The smallest absolute Gasteiger partial charge is 0.257 e. The summed E-state index contributed by atoms with van der Waals surface area (Å²) in [6.07, 6.45) is 1.71. The van der Waals surface area contributed by atoms with Crippen LogP contribution in [0.2, 0.25) is 0 Å². The summed E-state index contributed by atoms with van der Waals surface area (Å²) in [4.78, 5) is 18.7. The Balaban J connectivity index is 2.19. The van der Waals surface area contributed by atoms with Crippen molar-refractivity contribution in [2.75, 3.05) is 25.0 Å². The molecule has 0 spiro atoms. The van der Waals surface area contributed by atoms with E-state index in [4.69, 9.17) is 0 Å². The lowest BCUT2D eigenvalue weighted by Crippen LogP contribution is -2.29. The first-order valence-electron chi connectivity index (χ1n) is 6.61. The van der Waals surface area contributed by atoms with Crippen LogP contribution >= 0.6 is 0 Å². The lowest BCUT2D eigenvalue weighted by molar-refractivity contribution is 0.0785. The van der Waals surface area contributed by atoms with Crippen LogP contribution in [-0.2, 0) is 0 Å². The zero-order valence-corrected chi connectivity index (χ0v) is 11.3. The molecular weight excluding hydrogens is 226 g/mol. The number of hydrogen-bond donors (Lipinski definition) is 1. The molecule has 4 nitrogen and oxygen atoms in total. The average Bonchev–Trinajstić information content (AvgIpc) is 2.70. The highest BCUT2D eigenvalue weighted by molar-refractivity contribution is 5.98. The fourth-order valence-corrected chi connectivity index (χ4v) is 2.35. The Morgan fingerprint density at radius 2 is 2.11 bits per heavy atom. The van der Waals surface area contributed by atoms with Crippen molar-refractivity contribution in [3.8, 4) is 0 Å². The van der Waals surface area contributed by atoms with Crippen LogP contribution in [0.5, 0.6) is 0 Å². The fourth-order valence-electron chi connectivity index (χ4n) is 2.35. The van der Waals surface area contributed by atoms with Crippen molar-refractivity contribution in [1.82, 2.24) is 9.88 Å². The molecule has 1 aromatic rings. The van der Waals surface area contributed by atoms with E-state index in [1.54, 1.807) is 6.20 Å². The highest BCUT2D eigenvalue weighted by Gasteiger charge is 2.30. The van der Waals surface area contributed by atoms with Gasteiger partial charge in [0, 0.05) is 25.8 Å². The number of nitrogens with one attached hydrogen (secondary N) is 1. The maximum Gasteiger partial charge on any atom is 0.257 e. The van der Waals surface area contributed by atoms with E-state index in [9.17, 15) is 4.79 Å². The molecule has 1 amide bonds. The monoisotopic (exact) mass is 247 g/mol. The minimum atomic E-state index is 0.0928. The first kappa shape index (κ1) is 12.9. The van der Waals surface area contributed by atoms with Crippen LogP contribution < -0.4 is 5.32 Å². The van der Waals surface area contributed by atoms with Crippen molar-refractivity contribution in [3.63, 3.8) is 0 Å². The Bertz CT molecular complexity index is 423. The summed E-state index contributed by atoms with van der Waals surface area (Å²) in [6, 6.07) is 3.66. The molecule has 0 bridgehead atoms. The molecule has 2 unspecified atom stereocenters. The number of likely N-dealkylation sites (tertiary alicyclic amines) is 1. The Morgan fingerprint density at radius 3 is 2.72 bits per heavy atom. The van der Waals surface area contributed by atoms with Crippen LogP contribution in [0, 0.1) is 11.8 Å². The van der Waals surface area contributed by atoms with Crippen LogP contribution in [0.3, 0.4) is 0 Å². The zero-order chi connectivity index (χ0) is 13.1. The number of pyridine rings is 1. The lowest BCUT2D eigenvalue weighted by atomic mass is 10.0. The highest BCUT2D eigenvalue weighted by atomic mass is 16.2. The third-order valence-electron chi connectivity index (χ3n) is 3.66. The number of nitrogens with zero attached hydrogens (tertiary/aromatic N) is 2. The number of carbonyl (C=O) groups is 1. The van der Waals surface area contributed by atoms with Gasteiger partial charge in [-0.2, -0.15) is 0 Å². The molecule has 4 heteroatoms. The molecule has 2 rings (SSSR count). The van der Waals surface area contributed by atoms with E-state index < -0.39 is 0 Å². The second-order valence-electron chi connectivity index (χ2n) is 5.09. The van der Waals surface area contributed by atoms with Gasteiger partial charge in [0.05, 0.1) is 5.56 Å². The Labute approximate surface area is 108 Å². The van der Waals surface area contributed by atoms with E-state index >= 15 is 0 Å². The Morgan fingerprint density at radius 1 is 1.44 bits per heavy atom. The van der Waals surface area contributed by atoms with Gasteiger partial charge in [-0.25, -0.2) is 4.98 Å². The molecule has 1 aromatic heterocycles. The average molecular weight is 247 g/mol. The van der Waals surface area contributed by atoms with Gasteiger partial charge in [-0.1, -0.05) is 13.8 Å². The molecule has 0 aromatic carbocycles. The summed E-state index contributed by atoms with van der Waals surface area (Å²) >= 11 is 0. The molecule has 0 saturated carbocycles. The van der Waals surface area contributed by atoms with E-state index in [0.29, 0.717) is 23.2 Å². The number of carbonyl (C=O) groups excluding carboxylic acids is 1. The SMILES string of the molecule is CCNc1ncccc1C(=O)N1CC(C)C(C)C1. The number of amides is 1. The van der Waals surface area contributed by atoms with Gasteiger partial charge < -0.3 is 10.2 Å². The third-order valence-corrected chi connectivity index (χ3v) is 3.66. The van der Waals surface area contributed by atoms with Crippen molar-refractivity contribution in [2.45, 2.75) is 20.8 Å². The Hall–Kier alpha value is -1.58. The van der Waals surface area contributed by atoms with E-state index in [-0.39, 0.29) is 5.91 Å². The summed E-state index contributed by atoms with van der Waals surface area (Å²) in [5, 5.41) is 3.14. The molecule has 0 aliphatic carbocycles. The molecule has 18 heavy (non-hydrogen) atoms. The van der Waals surface area contributed by atoms with Gasteiger partial charge in [0.15, 0.2) is 0 Å². The molecule has 1 saturated heterocycles. The summed E-state index contributed by atoms with van der Waals surface area (Å²) in [6.45, 7) is 8.87. The summed E-state index contributed by atoms with van der Waals surface area (Å²) in [7, 11) is 0. The first-order chi connectivity index (χ1) is 8.63. The molecule has 1 aliphatic rings. The number of hydrogen-bond acceptors (Lipinski definition) is 3. The molecule has 98 valence electrons. The van der Waals surface area contributed by atoms with E-state index in [1.165, 1.54) is 0 Å². The molecule has 2 atom stereocenters. The number of rotatable bonds is 3. The molecule has 1 fully saturated rings. The maximum absolute atomic E-state index is 12.5. The standard InChI is InChI=1S/C14H21N3O/c1-4-15-13-12(6-5-7-16-13)14(18)17-8-10(2)11(3)9-17/h5-7,10-11H,4,8-9H2,1-3H3,(H,15,16). The maximum atomic E-state index is 12.5. The summed E-state index contributed by atoms with van der Waals surface area (Å²) in [5.41, 5.74) is 0.681. The number of anilines is 1. The normalized spacial score (nSPS) is 23.2. The van der Waals surface area contributed by atoms with Gasteiger partial charge in [0.25, 0.3) is 5.91 Å². The molecule has 1 N–H and O–H groups in total. The molecule has 0 radical (unpaired) electrons. The first-order valence-corrected chi connectivity index (χ1v) is 6.61. The highest BCUT2D eigenvalue weighted by Crippen LogP contribution is 2.25. The van der Waals surface area contributed by atoms with E-state index in [0.717, 1.165) is 19.6 Å². The zero-order valence-electron chi connectivity index (χ0n) is 11.3. The van der Waals surface area contributed by atoms with Crippen molar-refractivity contribution in [2.24, 2.45) is 11.8 Å². The van der Waals surface area contributed by atoms with Gasteiger partial charge in [-0.3, -0.25) is 4.79 Å². The third kappa shape index (κ3) is 2.47. The van der Waals surface area contributed by atoms with Crippen LogP contribution in [0.4, 0.5) is 5.82 Å². The molecule has 1 aliphatic heterocycles. The van der Waals surface area contributed by atoms with Crippen LogP contribution in [0.25, 0.3) is 0 Å². The van der Waals surface area contributed by atoms with Gasteiger partial charge in [0.1, 0.15) is 5.82 Å². The molecule has 2 heterocycles. The van der Waals surface area contributed by atoms with E-state index in [2.05, 4.69) is 24.1 Å². The summed E-state index contributed by atoms with van der Waals surface area (Å²) in [5.74, 6) is 1.94. The van der Waals surface area contributed by atoms with Crippen molar-refractivity contribution < 1.29 is 4.79 Å². The second kappa shape index (κ2) is 5.38. The van der Waals surface area contributed by atoms with Crippen LogP contribution in [0.15, 0.2) is 18.3 Å². The van der Waals surface area contributed by atoms with Gasteiger partial charge in [-0.05, 0) is 30.9 Å². The Kier molecular flexibility index (Phi) is 3.84. The van der Waals surface area contributed by atoms with Crippen LogP contribution in [0.1, 0.15) is 31.1 Å². The topological polar surface area (TPSA) is 45.2 Å². The van der Waals surface area contributed by atoms with Crippen molar-refractivity contribution >= 4 is 11.7 Å². The predicted molar refractivity (Wildman–Crippen MR) is 72.6 cm³/mol. The van der Waals surface area contributed by atoms with Crippen molar-refractivity contribution in [1.29, 1.82) is 0 Å². The van der Waals surface area contributed by atoms with Crippen LogP contribution in [-0.4, -0.2) is 35.4 Å². The molecular formula is C14H21N3O. The summed E-state index contributed by atoms with van der Waals surface area (Å²) < 4.78 is 0.